The van der Waals surface area contributed by atoms with Crippen molar-refractivity contribution in [1.29, 1.82) is 0 Å². The molecule has 3 heterocycles. The van der Waals surface area contributed by atoms with Gasteiger partial charge < -0.3 is 20.8 Å². The minimum atomic E-state index is -1.17. The molecule has 10 nitrogen and oxygen atoms in total. The number of hydrogen-bond acceptors (Lipinski definition) is 8. The molecule has 2 unspecified atom stereocenters. The van der Waals surface area contributed by atoms with Crippen LogP contribution in [0.4, 0.5) is 0 Å². The van der Waals surface area contributed by atoms with Crippen LogP contribution in [0, 0.1) is 0 Å². The zero-order chi connectivity index (χ0) is 22.9. The molecule has 0 saturated carbocycles. The van der Waals surface area contributed by atoms with Crippen molar-refractivity contribution in [1.82, 2.24) is 20.7 Å². The molecule has 3 aliphatic rings. The molecular weight excluding hydrogens is 388 g/mol. The van der Waals surface area contributed by atoms with Crippen molar-refractivity contribution in [2.45, 2.75) is 103 Å². The quantitative estimate of drug-likeness (QED) is 0.500. The standard InChI is InChI=1S/C20H34N6O4/c1-17(2,3)21-13(27)11-9-19(7)15(29)26-20(8,16(30)25(19)23-11)10-12(24-26)14(28)22-18(4,5)6/h15-16,29-30H,9-10H2,1-8H3,(H,21,27)(H,22,28)/t15-,16-,19?,20?/m1/s1. The fourth-order valence-corrected chi connectivity index (χ4v) is 4.09. The number of carbonyl (C=O) groups excluding carboxylic acids is 2. The largest absolute Gasteiger partial charge is 0.370 e. The summed E-state index contributed by atoms with van der Waals surface area (Å²) in [6, 6.07) is 0. The lowest BCUT2D eigenvalue weighted by molar-refractivity contribution is -0.256. The molecule has 0 bridgehead atoms. The molecule has 1 fully saturated rings. The van der Waals surface area contributed by atoms with Gasteiger partial charge in [-0.3, -0.25) is 19.6 Å². The topological polar surface area (TPSA) is 130 Å². The second-order valence-electron chi connectivity index (χ2n) is 11.0. The van der Waals surface area contributed by atoms with Gasteiger partial charge in [-0.05, 0) is 55.4 Å². The Hall–Kier alpha value is -2.20. The first-order chi connectivity index (χ1) is 13.5. The smallest absolute Gasteiger partial charge is 0.267 e. The number of aliphatic hydroxyl groups excluding tert-OH is 2. The Balaban J connectivity index is 1.89. The Morgan fingerprint density at radius 3 is 1.40 bits per heavy atom. The van der Waals surface area contributed by atoms with Gasteiger partial charge in [-0.1, -0.05) is 0 Å². The zero-order valence-corrected chi connectivity index (χ0v) is 19.1. The average molecular weight is 423 g/mol. The van der Waals surface area contributed by atoms with E-state index in [2.05, 4.69) is 20.8 Å². The maximum Gasteiger partial charge on any atom is 0.267 e. The molecular formula is C20H34N6O4. The molecule has 0 aromatic carbocycles. The van der Waals surface area contributed by atoms with Gasteiger partial charge in [-0.2, -0.15) is 10.2 Å². The van der Waals surface area contributed by atoms with E-state index in [-0.39, 0.29) is 36.1 Å². The molecule has 10 heteroatoms. The summed E-state index contributed by atoms with van der Waals surface area (Å²) in [5.41, 5.74) is -2.53. The van der Waals surface area contributed by atoms with Crippen molar-refractivity contribution in [2.75, 3.05) is 0 Å². The fraction of sp³-hybridized carbons (Fsp3) is 0.800. The number of piperazine rings is 1. The SMILES string of the molecule is CC(C)(C)NC(=O)C1=NN2[C@H](O)C3(C)CC(C(=O)NC(C)(C)C)=NN3[C@H](O)C2(C)C1. The summed E-state index contributed by atoms with van der Waals surface area (Å²) in [4.78, 5) is 25.3. The molecule has 0 radical (unpaired) electrons. The molecule has 0 aromatic heterocycles. The van der Waals surface area contributed by atoms with Crippen LogP contribution in [0.3, 0.4) is 0 Å². The minimum Gasteiger partial charge on any atom is -0.370 e. The number of nitrogens with zero attached hydrogens (tertiary/aromatic N) is 4. The number of rotatable bonds is 2. The molecule has 168 valence electrons. The molecule has 30 heavy (non-hydrogen) atoms. The monoisotopic (exact) mass is 422 g/mol. The summed E-state index contributed by atoms with van der Waals surface area (Å²) >= 11 is 0. The van der Waals surface area contributed by atoms with Gasteiger partial charge in [0.15, 0.2) is 12.5 Å². The number of fused-ring (bicyclic) bond motifs is 2. The number of aliphatic hydroxyl groups is 2. The summed E-state index contributed by atoms with van der Waals surface area (Å²) in [6.07, 6.45) is -2.07. The Kier molecular flexibility index (Phi) is 4.98. The number of hydrogen-bond donors (Lipinski definition) is 4. The molecule has 0 spiro atoms. The van der Waals surface area contributed by atoms with Gasteiger partial charge in [-0.25, -0.2) is 0 Å². The van der Waals surface area contributed by atoms with Gasteiger partial charge in [0.1, 0.15) is 22.5 Å². The highest BCUT2D eigenvalue weighted by molar-refractivity contribution is 6.40. The van der Waals surface area contributed by atoms with Gasteiger partial charge in [0.2, 0.25) is 0 Å². The Labute approximate surface area is 177 Å². The van der Waals surface area contributed by atoms with Gasteiger partial charge >= 0.3 is 0 Å². The van der Waals surface area contributed by atoms with Crippen LogP contribution in [0.15, 0.2) is 10.2 Å². The van der Waals surface area contributed by atoms with Crippen LogP contribution >= 0.6 is 0 Å². The van der Waals surface area contributed by atoms with Gasteiger partial charge in [0, 0.05) is 23.9 Å². The summed E-state index contributed by atoms with van der Waals surface area (Å²) in [7, 11) is 0. The lowest BCUT2D eigenvalue weighted by Crippen LogP contribution is -2.73. The van der Waals surface area contributed by atoms with E-state index in [0.717, 1.165) is 0 Å². The second-order valence-corrected chi connectivity index (χ2v) is 11.0. The molecule has 4 atom stereocenters. The third kappa shape index (κ3) is 3.66. The molecule has 4 N–H and O–H groups in total. The maximum absolute atomic E-state index is 12.6. The molecule has 1 saturated heterocycles. The summed E-state index contributed by atoms with van der Waals surface area (Å²) in [5.74, 6) is -0.673. The maximum atomic E-state index is 12.6. The van der Waals surface area contributed by atoms with E-state index < -0.39 is 34.6 Å². The highest BCUT2D eigenvalue weighted by Gasteiger charge is 2.64. The highest BCUT2D eigenvalue weighted by atomic mass is 16.3. The lowest BCUT2D eigenvalue weighted by Gasteiger charge is -2.56. The summed E-state index contributed by atoms with van der Waals surface area (Å²) in [6.45, 7) is 14.7. The summed E-state index contributed by atoms with van der Waals surface area (Å²) < 4.78 is 0. The van der Waals surface area contributed by atoms with E-state index in [9.17, 15) is 19.8 Å². The van der Waals surface area contributed by atoms with Crippen LogP contribution in [0.25, 0.3) is 0 Å². The van der Waals surface area contributed by atoms with Crippen LogP contribution in [0.5, 0.6) is 0 Å². The molecule has 0 aliphatic carbocycles. The van der Waals surface area contributed by atoms with Crippen molar-refractivity contribution in [3.8, 4) is 0 Å². The molecule has 0 aromatic rings. The fourth-order valence-electron chi connectivity index (χ4n) is 4.09. The first-order valence-electron chi connectivity index (χ1n) is 10.2. The van der Waals surface area contributed by atoms with Gasteiger partial charge in [0.05, 0.1) is 0 Å². The van der Waals surface area contributed by atoms with Crippen molar-refractivity contribution < 1.29 is 19.8 Å². The van der Waals surface area contributed by atoms with E-state index in [1.807, 2.05) is 41.5 Å². The first-order valence-corrected chi connectivity index (χ1v) is 10.2. The number of hydrazone groups is 2. The van der Waals surface area contributed by atoms with E-state index in [0.29, 0.717) is 0 Å². The van der Waals surface area contributed by atoms with Gasteiger partial charge in [0.25, 0.3) is 11.8 Å². The van der Waals surface area contributed by atoms with Crippen molar-refractivity contribution in [3.05, 3.63) is 0 Å². The lowest BCUT2D eigenvalue weighted by atomic mass is 9.82. The third-order valence-electron chi connectivity index (χ3n) is 5.63. The van der Waals surface area contributed by atoms with Crippen LogP contribution in [0.2, 0.25) is 0 Å². The predicted molar refractivity (Wildman–Crippen MR) is 112 cm³/mol. The highest BCUT2D eigenvalue weighted by Crippen LogP contribution is 2.47. The first kappa shape index (κ1) is 22.5. The number of amides is 2. The Morgan fingerprint density at radius 1 is 0.833 bits per heavy atom. The van der Waals surface area contributed by atoms with Crippen molar-refractivity contribution >= 4 is 23.2 Å². The minimum absolute atomic E-state index is 0.138. The Bertz CT molecular complexity index is 758. The van der Waals surface area contributed by atoms with E-state index >= 15 is 0 Å². The number of carbonyl (C=O) groups is 2. The average Bonchev–Trinajstić information content (AvgIpc) is 3.10. The molecule has 2 amide bonds. The zero-order valence-electron chi connectivity index (χ0n) is 19.1. The van der Waals surface area contributed by atoms with Crippen molar-refractivity contribution in [3.63, 3.8) is 0 Å². The van der Waals surface area contributed by atoms with Crippen molar-refractivity contribution in [2.24, 2.45) is 10.2 Å². The van der Waals surface area contributed by atoms with E-state index in [1.165, 1.54) is 10.0 Å². The third-order valence-corrected chi connectivity index (χ3v) is 5.63. The van der Waals surface area contributed by atoms with Crippen LogP contribution in [0.1, 0.15) is 68.2 Å². The van der Waals surface area contributed by atoms with E-state index in [1.54, 1.807) is 13.8 Å². The van der Waals surface area contributed by atoms with Gasteiger partial charge in [-0.15, -0.1) is 0 Å². The van der Waals surface area contributed by atoms with Crippen LogP contribution in [-0.4, -0.2) is 78.1 Å². The normalized spacial score (nSPS) is 33.5. The number of nitrogens with one attached hydrogen (secondary N) is 2. The van der Waals surface area contributed by atoms with E-state index in [4.69, 9.17) is 0 Å². The molecule has 3 aliphatic heterocycles. The van der Waals surface area contributed by atoms with Crippen LogP contribution < -0.4 is 10.6 Å². The summed E-state index contributed by atoms with van der Waals surface area (Å²) in [5, 5.41) is 39.7. The van der Waals surface area contributed by atoms with Crippen LogP contribution in [-0.2, 0) is 9.59 Å². The second kappa shape index (κ2) is 6.65. The predicted octanol–water partition coefficient (Wildman–Crippen LogP) is 0.107. The molecule has 3 rings (SSSR count). The Morgan fingerprint density at radius 2 is 1.13 bits per heavy atom.